The standard InChI is InChI=1S/C9H10.BH3O2/c1-3-9-7-5-4-6-8(9)2;2-1-3/h3-7H,1H2,2H3;1-3H. The topological polar surface area (TPSA) is 40.5 Å². The fraction of sp³-hybridized carbons (Fsp3) is 0.111. The van der Waals surface area contributed by atoms with Crippen LogP contribution in [0, 0.1) is 6.92 Å². The van der Waals surface area contributed by atoms with Gasteiger partial charge in [0.1, 0.15) is 0 Å². The van der Waals surface area contributed by atoms with E-state index in [9.17, 15) is 0 Å². The largest absolute Gasteiger partial charge is 0.432 e. The lowest BCUT2D eigenvalue weighted by atomic mass is 10.1. The second-order valence-corrected chi connectivity index (χ2v) is 2.20. The molecule has 0 aliphatic heterocycles. The number of rotatable bonds is 1. The van der Waals surface area contributed by atoms with Crippen LogP contribution in [0.25, 0.3) is 6.08 Å². The Morgan fingerprint density at radius 3 is 2.17 bits per heavy atom. The second-order valence-electron chi connectivity index (χ2n) is 2.20. The van der Waals surface area contributed by atoms with Gasteiger partial charge in [-0.15, -0.1) is 0 Å². The van der Waals surface area contributed by atoms with Gasteiger partial charge in [0.05, 0.1) is 0 Å². The summed E-state index contributed by atoms with van der Waals surface area (Å²) in [5.41, 5.74) is 2.50. The number of hydrogen-bond acceptors (Lipinski definition) is 2. The molecule has 1 aromatic carbocycles. The Balaban J connectivity index is 0.000000354. The highest BCUT2D eigenvalue weighted by Crippen LogP contribution is 2.06. The summed E-state index contributed by atoms with van der Waals surface area (Å²) in [7, 11) is -0.750. The number of benzene rings is 1. The maximum Gasteiger partial charge on any atom is 0.432 e. The lowest BCUT2D eigenvalue weighted by Crippen LogP contribution is -1.75. The van der Waals surface area contributed by atoms with Crippen molar-refractivity contribution in [3.8, 4) is 0 Å². The zero-order valence-corrected chi connectivity index (χ0v) is 7.20. The van der Waals surface area contributed by atoms with Crippen molar-refractivity contribution in [2.45, 2.75) is 6.92 Å². The van der Waals surface area contributed by atoms with Crippen molar-refractivity contribution in [3.63, 3.8) is 0 Å². The van der Waals surface area contributed by atoms with Crippen molar-refractivity contribution in [1.82, 2.24) is 0 Å². The Kier molecular flexibility index (Phi) is 6.06. The summed E-state index contributed by atoms with van der Waals surface area (Å²) in [6.45, 7) is 5.77. The fourth-order valence-electron chi connectivity index (χ4n) is 0.816. The van der Waals surface area contributed by atoms with Crippen LogP contribution in [-0.2, 0) is 0 Å². The lowest BCUT2D eigenvalue weighted by Gasteiger charge is -1.95. The summed E-state index contributed by atoms with van der Waals surface area (Å²) in [6.07, 6.45) is 1.87. The first-order valence-electron chi connectivity index (χ1n) is 3.66. The van der Waals surface area contributed by atoms with Crippen LogP contribution in [0.2, 0.25) is 0 Å². The minimum atomic E-state index is -0.750. The van der Waals surface area contributed by atoms with Crippen LogP contribution in [0.4, 0.5) is 0 Å². The molecule has 0 bridgehead atoms. The number of aryl methyl sites for hydroxylation is 1. The normalized spacial score (nSPS) is 7.92. The Morgan fingerprint density at radius 2 is 1.83 bits per heavy atom. The third kappa shape index (κ3) is 3.96. The van der Waals surface area contributed by atoms with Gasteiger partial charge in [0, 0.05) is 0 Å². The highest BCUT2D eigenvalue weighted by Gasteiger charge is 1.86. The Bertz CT molecular complexity index is 236. The molecule has 2 nitrogen and oxygen atoms in total. The third-order valence-electron chi connectivity index (χ3n) is 1.41. The quantitative estimate of drug-likeness (QED) is 0.604. The monoisotopic (exact) mass is 164 g/mol. The molecule has 0 heterocycles. The maximum absolute atomic E-state index is 7.12. The molecule has 0 unspecified atom stereocenters. The third-order valence-corrected chi connectivity index (χ3v) is 1.41. The van der Waals surface area contributed by atoms with Crippen LogP contribution >= 0.6 is 0 Å². The first-order chi connectivity index (χ1) is 5.76. The van der Waals surface area contributed by atoms with Crippen molar-refractivity contribution in [2.75, 3.05) is 0 Å². The SMILES string of the molecule is C=Cc1ccccc1C.OBO. The molecule has 0 atom stereocenters. The van der Waals surface area contributed by atoms with Crippen LogP contribution in [0.15, 0.2) is 30.8 Å². The summed E-state index contributed by atoms with van der Waals surface area (Å²) >= 11 is 0. The van der Waals surface area contributed by atoms with Crippen molar-refractivity contribution in [2.24, 2.45) is 0 Å². The summed E-state index contributed by atoms with van der Waals surface area (Å²) in [4.78, 5) is 0. The van der Waals surface area contributed by atoms with E-state index in [0.717, 1.165) is 0 Å². The molecule has 1 aromatic rings. The highest BCUT2D eigenvalue weighted by atomic mass is 16.4. The van der Waals surface area contributed by atoms with Gasteiger partial charge >= 0.3 is 7.69 Å². The molecule has 0 radical (unpaired) electrons. The van der Waals surface area contributed by atoms with Gasteiger partial charge in [-0.3, -0.25) is 0 Å². The molecule has 12 heavy (non-hydrogen) atoms. The predicted molar refractivity (Wildman–Crippen MR) is 52.9 cm³/mol. The zero-order chi connectivity index (χ0) is 9.40. The molecule has 0 saturated carbocycles. The van der Waals surface area contributed by atoms with Crippen LogP contribution in [0.1, 0.15) is 11.1 Å². The Morgan fingerprint density at radius 1 is 1.33 bits per heavy atom. The molecule has 0 fully saturated rings. The highest BCUT2D eigenvalue weighted by molar-refractivity contribution is 6.13. The van der Waals surface area contributed by atoms with Crippen molar-refractivity contribution >= 4 is 13.8 Å². The van der Waals surface area contributed by atoms with Gasteiger partial charge in [-0.2, -0.15) is 0 Å². The molecule has 0 amide bonds. The minimum absolute atomic E-state index is 0.750. The van der Waals surface area contributed by atoms with Gasteiger partial charge < -0.3 is 10.0 Å². The molecule has 3 heteroatoms. The molecule has 0 aliphatic rings. The summed E-state index contributed by atoms with van der Waals surface area (Å²) in [6, 6.07) is 8.19. The predicted octanol–water partition coefficient (Wildman–Crippen LogP) is 0.876. The first kappa shape index (κ1) is 10.9. The van der Waals surface area contributed by atoms with Crippen molar-refractivity contribution < 1.29 is 10.0 Å². The number of hydrogen-bond donors (Lipinski definition) is 2. The van der Waals surface area contributed by atoms with Gasteiger partial charge in [-0.25, -0.2) is 0 Å². The average molecular weight is 164 g/mol. The second kappa shape index (κ2) is 6.64. The van der Waals surface area contributed by atoms with Crippen molar-refractivity contribution in [1.29, 1.82) is 0 Å². The molecule has 2 N–H and O–H groups in total. The Labute approximate surface area is 73.5 Å². The average Bonchev–Trinajstić information content (AvgIpc) is 2.07. The fourth-order valence-corrected chi connectivity index (χ4v) is 0.816. The van der Waals surface area contributed by atoms with Gasteiger partial charge in [-0.05, 0) is 18.1 Å². The van der Waals surface area contributed by atoms with Crippen LogP contribution in [0.3, 0.4) is 0 Å². The molecule has 0 saturated heterocycles. The minimum Gasteiger partial charge on any atom is -0.430 e. The zero-order valence-electron chi connectivity index (χ0n) is 7.20. The van der Waals surface area contributed by atoms with E-state index in [1.54, 1.807) is 0 Å². The summed E-state index contributed by atoms with van der Waals surface area (Å²) in [5.74, 6) is 0. The summed E-state index contributed by atoms with van der Waals surface area (Å²) in [5, 5.41) is 14.2. The van der Waals surface area contributed by atoms with E-state index < -0.39 is 7.69 Å². The lowest BCUT2D eigenvalue weighted by molar-refractivity contribution is 0.448. The molecule has 1 rings (SSSR count). The van der Waals surface area contributed by atoms with Gasteiger partial charge in [-0.1, -0.05) is 36.9 Å². The van der Waals surface area contributed by atoms with Crippen molar-refractivity contribution in [3.05, 3.63) is 42.0 Å². The Hall–Kier alpha value is -1.06. The van der Waals surface area contributed by atoms with Crippen LogP contribution in [0.5, 0.6) is 0 Å². The van der Waals surface area contributed by atoms with E-state index >= 15 is 0 Å². The van der Waals surface area contributed by atoms with Gasteiger partial charge in [0.2, 0.25) is 0 Å². The molecule has 0 aliphatic carbocycles. The smallest absolute Gasteiger partial charge is 0.430 e. The van der Waals surface area contributed by atoms with Gasteiger partial charge in [0.15, 0.2) is 0 Å². The van der Waals surface area contributed by atoms with E-state index in [1.165, 1.54) is 11.1 Å². The van der Waals surface area contributed by atoms with E-state index in [0.29, 0.717) is 0 Å². The van der Waals surface area contributed by atoms with E-state index in [1.807, 2.05) is 18.2 Å². The maximum atomic E-state index is 7.12. The van der Waals surface area contributed by atoms with Gasteiger partial charge in [0.25, 0.3) is 0 Å². The summed E-state index contributed by atoms with van der Waals surface area (Å²) < 4.78 is 0. The molecular formula is C9H13BO2. The molecule has 0 spiro atoms. The first-order valence-corrected chi connectivity index (χ1v) is 3.66. The van der Waals surface area contributed by atoms with E-state index in [-0.39, 0.29) is 0 Å². The van der Waals surface area contributed by atoms with Crippen LogP contribution in [-0.4, -0.2) is 17.7 Å². The molecular weight excluding hydrogens is 151 g/mol. The van der Waals surface area contributed by atoms with Crippen LogP contribution < -0.4 is 0 Å². The molecule has 0 aromatic heterocycles. The van der Waals surface area contributed by atoms with E-state index in [2.05, 4.69) is 25.6 Å². The molecule has 64 valence electrons. The van der Waals surface area contributed by atoms with E-state index in [4.69, 9.17) is 10.0 Å².